The average Bonchev–Trinajstić information content (AvgIpc) is 2.97. The van der Waals surface area contributed by atoms with Crippen molar-refractivity contribution in [2.45, 2.75) is 97.5 Å². The van der Waals surface area contributed by atoms with Crippen molar-refractivity contribution in [2.75, 3.05) is 0 Å². The third-order valence-electron chi connectivity index (χ3n) is 10.2. The number of fused-ring (bicyclic) bond motifs is 5. The summed E-state index contributed by atoms with van der Waals surface area (Å²) in [6.45, 7) is 7.33. The van der Waals surface area contributed by atoms with Crippen LogP contribution in [0.15, 0.2) is 0 Å². The maximum Gasteiger partial charge on any atom is 0.303 e. The number of carboxylic acids is 1. The predicted molar refractivity (Wildman–Crippen MR) is 107 cm³/mol. The molecular weight excluding hydrogens is 336 g/mol. The average molecular weight is 377 g/mol. The molecule has 4 fully saturated rings. The molecule has 0 saturated heterocycles. The van der Waals surface area contributed by atoms with Crippen molar-refractivity contribution in [2.24, 2.45) is 46.3 Å². The summed E-state index contributed by atoms with van der Waals surface area (Å²) in [7, 11) is 0. The molecule has 0 bridgehead atoms. The van der Waals surface area contributed by atoms with Gasteiger partial charge in [-0.3, -0.25) is 4.79 Å². The lowest BCUT2D eigenvalue weighted by molar-refractivity contribution is -0.164. The first-order valence-electron chi connectivity index (χ1n) is 11.7. The van der Waals surface area contributed by atoms with Gasteiger partial charge in [-0.05, 0) is 97.7 Å². The number of carboxylic acid groups (broad SMARTS) is 1. The number of rotatable bonds is 4. The van der Waals surface area contributed by atoms with Crippen LogP contribution in [0.5, 0.6) is 0 Å². The van der Waals surface area contributed by atoms with Gasteiger partial charge >= 0.3 is 5.97 Å². The maximum atomic E-state index is 11.2. The van der Waals surface area contributed by atoms with E-state index < -0.39 is 5.97 Å². The summed E-state index contributed by atoms with van der Waals surface area (Å²) in [6, 6.07) is 0. The molecule has 0 amide bonds. The standard InChI is InChI=1S/C24H40O3/c1-15(7-10-21(26)27)17-8-9-18-22-19(11-13-24(17,18)3)23(2)12-5-4-6-16(23)14-20(22)25/h15-20,22,25H,4-14H2,1-3H3,(H,26,27)/t15?,16?,17?,18?,19?,20-,22?,23?,24?/m0/s1. The monoisotopic (exact) mass is 376 g/mol. The van der Waals surface area contributed by atoms with Crippen LogP contribution in [0.25, 0.3) is 0 Å². The van der Waals surface area contributed by atoms with E-state index in [1.807, 2.05) is 0 Å². The third-order valence-corrected chi connectivity index (χ3v) is 10.2. The molecule has 0 aliphatic heterocycles. The van der Waals surface area contributed by atoms with Crippen LogP contribution in [-0.4, -0.2) is 22.3 Å². The fourth-order valence-corrected chi connectivity index (χ4v) is 8.78. The molecule has 8 unspecified atom stereocenters. The quantitative estimate of drug-likeness (QED) is 0.680. The topological polar surface area (TPSA) is 57.5 Å². The van der Waals surface area contributed by atoms with E-state index in [9.17, 15) is 9.90 Å². The first-order valence-corrected chi connectivity index (χ1v) is 11.7. The van der Waals surface area contributed by atoms with Crippen LogP contribution in [0.3, 0.4) is 0 Å². The van der Waals surface area contributed by atoms with Crippen LogP contribution in [-0.2, 0) is 4.79 Å². The molecule has 27 heavy (non-hydrogen) atoms. The summed E-state index contributed by atoms with van der Waals surface area (Å²) in [5.41, 5.74) is 0.758. The van der Waals surface area contributed by atoms with Gasteiger partial charge in [0.15, 0.2) is 0 Å². The predicted octanol–water partition coefficient (Wildman–Crippen LogP) is 5.51. The van der Waals surface area contributed by atoms with Crippen molar-refractivity contribution in [3.63, 3.8) is 0 Å². The molecule has 4 aliphatic rings. The first kappa shape index (κ1) is 19.7. The van der Waals surface area contributed by atoms with Crippen molar-refractivity contribution in [3.05, 3.63) is 0 Å². The van der Waals surface area contributed by atoms with E-state index in [0.29, 0.717) is 46.8 Å². The number of aliphatic hydroxyl groups is 1. The molecule has 4 saturated carbocycles. The molecule has 0 aromatic carbocycles. The molecule has 0 aromatic rings. The molecular formula is C24H40O3. The lowest BCUT2D eigenvalue weighted by Crippen LogP contribution is -2.57. The summed E-state index contributed by atoms with van der Waals surface area (Å²) in [5, 5.41) is 20.3. The van der Waals surface area contributed by atoms with Crippen LogP contribution in [0.2, 0.25) is 0 Å². The number of hydrogen-bond donors (Lipinski definition) is 2. The summed E-state index contributed by atoms with van der Waals surface area (Å²) < 4.78 is 0. The van der Waals surface area contributed by atoms with Gasteiger partial charge < -0.3 is 10.2 Å². The molecule has 9 atom stereocenters. The summed E-state index contributed by atoms with van der Waals surface area (Å²) >= 11 is 0. The second-order valence-corrected chi connectivity index (χ2v) is 11.2. The highest BCUT2D eigenvalue weighted by atomic mass is 16.4. The Balaban J connectivity index is 1.56. The Bertz CT molecular complexity index is 574. The van der Waals surface area contributed by atoms with Crippen LogP contribution in [0, 0.1) is 46.3 Å². The van der Waals surface area contributed by atoms with Gasteiger partial charge in [0, 0.05) is 6.42 Å². The number of hydrogen-bond acceptors (Lipinski definition) is 2. The molecule has 0 heterocycles. The minimum atomic E-state index is -0.663. The summed E-state index contributed by atoms with van der Waals surface area (Å²) in [6.07, 6.45) is 12.5. The molecule has 0 radical (unpaired) electrons. The van der Waals surface area contributed by atoms with Crippen LogP contribution in [0.1, 0.15) is 91.4 Å². The van der Waals surface area contributed by atoms with Crippen molar-refractivity contribution < 1.29 is 15.0 Å². The van der Waals surface area contributed by atoms with Crippen molar-refractivity contribution in [3.8, 4) is 0 Å². The Kier molecular flexibility index (Phi) is 5.15. The second kappa shape index (κ2) is 7.04. The largest absolute Gasteiger partial charge is 0.481 e. The van der Waals surface area contributed by atoms with E-state index >= 15 is 0 Å². The number of carbonyl (C=O) groups is 1. The fraction of sp³-hybridized carbons (Fsp3) is 0.958. The normalized spacial score (nSPS) is 50.4. The zero-order valence-electron chi connectivity index (χ0n) is 17.6. The molecule has 3 nitrogen and oxygen atoms in total. The highest BCUT2D eigenvalue weighted by Gasteiger charge is 2.62. The Morgan fingerprint density at radius 1 is 1.04 bits per heavy atom. The van der Waals surface area contributed by atoms with Gasteiger partial charge in [-0.25, -0.2) is 0 Å². The molecule has 0 aromatic heterocycles. The van der Waals surface area contributed by atoms with Crippen molar-refractivity contribution in [1.29, 1.82) is 0 Å². The minimum absolute atomic E-state index is 0.108. The van der Waals surface area contributed by atoms with E-state index in [1.165, 1.54) is 51.4 Å². The lowest BCUT2D eigenvalue weighted by Gasteiger charge is -2.62. The highest BCUT2D eigenvalue weighted by molar-refractivity contribution is 5.66. The smallest absolute Gasteiger partial charge is 0.303 e. The first-order chi connectivity index (χ1) is 12.8. The Hall–Kier alpha value is -0.570. The molecule has 4 rings (SSSR count). The van der Waals surface area contributed by atoms with Gasteiger partial charge in [-0.15, -0.1) is 0 Å². The Morgan fingerprint density at radius 2 is 1.78 bits per heavy atom. The summed E-state index contributed by atoms with van der Waals surface area (Å²) in [4.78, 5) is 11.0. The summed E-state index contributed by atoms with van der Waals surface area (Å²) in [5.74, 6) is 3.02. The molecule has 4 aliphatic carbocycles. The lowest BCUT2D eigenvalue weighted by atomic mass is 9.44. The SMILES string of the molecule is CC(CCC(=O)O)C1CCC2C3C(CCC12C)C1(C)CCCCC1C[C@@H]3O. The maximum absolute atomic E-state index is 11.2. The third kappa shape index (κ3) is 3.07. The Labute approximate surface area is 165 Å². The molecule has 154 valence electrons. The van der Waals surface area contributed by atoms with Gasteiger partial charge in [0.1, 0.15) is 0 Å². The van der Waals surface area contributed by atoms with E-state index in [2.05, 4.69) is 20.8 Å². The van der Waals surface area contributed by atoms with Crippen LogP contribution >= 0.6 is 0 Å². The van der Waals surface area contributed by atoms with Crippen LogP contribution < -0.4 is 0 Å². The number of aliphatic carboxylic acids is 1. The van der Waals surface area contributed by atoms with Crippen molar-refractivity contribution >= 4 is 5.97 Å². The zero-order chi connectivity index (χ0) is 19.4. The molecule has 3 heteroatoms. The zero-order valence-corrected chi connectivity index (χ0v) is 17.6. The number of aliphatic hydroxyl groups excluding tert-OH is 1. The molecule has 0 spiro atoms. The van der Waals surface area contributed by atoms with E-state index in [-0.39, 0.29) is 6.10 Å². The van der Waals surface area contributed by atoms with E-state index in [1.54, 1.807) is 0 Å². The van der Waals surface area contributed by atoms with Gasteiger partial charge in [-0.1, -0.05) is 33.6 Å². The van der Waals surface area contributed by atoms with Crippen LogP contribution in [0.4, 0.5) is 0 Å². The second-order valence-electron chi connectivity index (χ2n) is 11.2. The van der Waals surface area contributed by atoms with E-state index in [0.717, 1.165) is 18.8 Å². The van der Waals surface area contributed by atoms with Crippen molar-refractivity contribution in [1.82, 2.24) is 0 Å². The van der Waals surface area contributed by atoms with Gasteiger partial charge in [0.2, 0.25) is 0 Å². The van der Waals surface area contributed by atoms with E-state index in [4.69, 9.17) is 5.11 Å². The van der Waals surface area contributed by atoms with Gasteiger partial charge in [0.05, 0.1) is 6.10 Å². The highest BCUT2D eigenvalue weighted by Crippen LogP contribution is 2.68. The van der Waals surface area contributed by atoms with Gasteiger partial charge in [0.25, 0.3) is 0 Å². The Morgan fingerprint density at radius 3 is 2.52 bits per heavy atom. The molecule has 2 N–H and O–H groups in total. The van der Waals surface area contributed by atoms with Gasteiger partial charge in [-0.2, -0.15) is 0 Å². The minimum Gasteiger partial charge on any atom is -0.481 e. The fourth-order valence-electron chi connectivity index (χ4n) is 8.78.